The molecule has 1 aromatic rings. The van der Waals surface area contributed by atoms with Crippen molar-refractivity contribution in [1.29, 1.82) is 0 Å². The van der Waals surface area contributed by atoms with Gasteiger partial charge in [0, 0.05) is 5.56 Å². The number of aromatic hydroxyl groups is 1. The van der Waals surface area contributed by atoms with Gasteiger partial charge in [-0.1, -0.05) is 11.6 Å². The molecule has 0 heterocycles. The summed E-state index contributed by atoms with van der Waals surface area (Å²) >= 11 is 5.65. The fourth-order valence-corrected chi connectivity index (χ4v) is 1.62. The van der Waals surface area contributed by atoms with Crippen LogP contribution in [-0.2, 0) is 5.60 Å². The van der Waals surface area contributed by atoms with Crippen LogP contribution in [0, 0.1) is 12.7 Å². The molecule has 0 atom stereocenters. The van der Waals surface area contributed by atoms with Gasteiger partial charge in [-0.3, -0.25) is 0 Å². The molecule has 14 heavy (non-hydrogen) atoms. The van der Waals surface area contributed by atoms with Crippen LogP contribution in [-0.4, -0.2) is 10.2 Å². The van der Waals surface area contributed by atoms with Crippen molar-refractivity contribution in [2.75, 3.05) is 0 Å². The molecule has 2 rings (SSSR count). The van der Waals surface area contributed by atoms with E-state index in [9.17, 15) is 14.6 Å². The maximum Gasteiger partial charge on any atom is 0.172 e. The molecular weight excluding hydrogens is 207 g/mol. The standard InChI is InChI=1S/C10H10ClFO2/c1-5-4-6(10(14)2-3-10)8(12)9(13)7(5)11/h4,13-14H,2-3H2,1H3. The second-order valence-corrected chi connectivity index (χ2v) is 4.13. The highest BCUT2D eigenvalue weighted by molar-refractivity contribution is 6.32. The molecule has 4 heteroatoms. The Bertz CT molecular complexity index is 400. The summed E-state index contributed by atoms with van der Waals surface area (Å²) in [4.78, 5) is 0. The third kappa shape index (κ3) is 1.28. The largest absolute Gasteiger partial charge is 0.504 e. The quantitative estimate of drug-likeness (QED) is 0.757. The van der Waals surface area contributed by atoms with E-state index in [1.54, 1.807) is 6.92 Å². The van der Waals surface area contributed by atoms with Crippen molar-refractivity contribution in [3.63, 3.8) is 0 Å². The molecule has 0 unspecified atom stereocenters. The van der Waals surface area contributed by atoms with Gasteiger partial charge in [-0.05, 0) is 31.4 Å². The minimum Gasteiger partial charge on any atom is -0.504 e. The van der Waals surface area contributed by atoms with Crippen molar-refractivity contribution < 1.29 is 14.6 Å². The molecule has 0 spiro atoms. The van der Waals surface area contributed by atoms with Crippen molar-refractivity contribution in [1.82, 2.24) is 0 Å². The Morgan fingerprint density at radius 1 is 1.50 bits per heavy atom. The maximum absolute atomic E-state index is 13.5. The summed E-state index contributed by atoms with van der Waals surface area (Å²) in [5.41, 5.74) is -0.366. The normalized spacial score (nSPS) is 18.3. The van der Waals surface area contributed by atoms with E-state index >= 15 is 0 Å². The van der Waals surface area contributed by atoms with Crippen LogP contribution >= 0.6 is 11.6 Å². The molecule has 2 nitrogen and oxygen atoms in total. The number of aliphatic hydroxyl groups is 1. The van der Waals surface area contributed by atoms with Crippen LogP contribution in [0.1, 0.15) is 24.0 Å². The summed E-state index contributed by atoms with van der Waals surface area (Å²) in [5.74, 6) is -1.37. The predicted molar refractivity (Wildman–Crippen MR) is 50.9 cm³/mol. The van der Waals surface area contributed by atoms with Gasteiger partial charge >= 0.3 is 0 Å². The number of halogens is 2. The first-order valence-corrected chi connectivity index (χ1v) is 4.74. The molecule has 0 radical (unpaired) electrons. The topological polar surface area (TPSA) is 40.5 Å². The van der Waals surface area contributed by atoms with Gasteiger partial charge in [0.15, 0.2) is 11.6 Å². The lowest BCUT2D eigenvalue weighted by molar-refractivity contribution is 0.145. The van der Waals surface area contributed by atoms with Crippen molar-refractivity contribution in [3.8, 4) is 5.75 Å². The van der Waals surface area contributed by atoms with E-state index in [1.165, 1.54) is 6.07 Å². The molecule has 76 valence electrons. The first-order valence-electron chi connectivity index (χ1n) is 4.36. The summed E-state index contributed by atoms with van der Waals surface area (Å²) < 4.78 is 13.5. The van der Waals surface area contributed by atoms with Gasteiger partial charge in [-0.2, -0.15) is 0 Å². The third-order valence-corrected chi connectivity index (χ3v) is 3.06. The Hall–Kier alpha value is -0.800. The number of hydrogen-bond donors (Lipinski definition) is 2. The number of hydrogen-bond acceptors (Lipinski definition) is 2. The van der Waals surface area contributed by atoms with Crippen molar-refractivity contribution in [3.05, 3.63) is 28.0 Å². The van der Waals surface area contributed by atoms with E-state index in [2.05, 4.69) is 0 Å². The van der Waals surface area contributed by atoms with Crippen molar-refractivity contribution in [2.45, 2.75) is 25.4 Å². The number of phenols is 1. The van der Waals surface area contributed by atoms with Gasteiger partial charge in [0.05, 0.1) is 10.6 Å². The van der Waals surface area contributed by atoms with Gasteiger partial charge in [-0.25, -0.2) is 4.39 Å². The minimum absolute atomic E-state index is 0.00972. The average Bonchev–Trinajstić information content (AvgIpc) is 2.87. The summed E-state index contributed by atoms with van der Waals surface area (Å²) in [6.45, 7) is 1.66. The first-order chi connectivity index (χ1) is 6.46. The summed E-state index contributed by atoms with van der Waals surface area (Å²) in [6.07, 6.45) is 1.06. The van der Waals surface area contributed by atoms with Crippen LogP contribution in [0.2, 0.25) is 5.02 Å². The molecule has 1 aromatic carbocycles. The Labute approximate surface area is 85.9 Å². The van der Waals surface area contributed by atoms with Gasteiger partial charge < -0.3 is 10.2 Å². The van der Waals surface area contributed by atoms with Crippen molar-refractivity contribution >= 4 is 11.6 Å². The van der Waals surface area contributed by atoms with Gasteiger partial charge in [0.1, 0.15) is 0 Å². The first kappa shape index (κ1) is 9.74. The lowest BCUT2D eigenvalue weighted by atomic mass is 10.0. The summed E-state index contributed by atoms with van der Waals surface area (Å²) in [6, 6.07) is 1.49. The van der Waals surface area contributed by atoms with Crippen molar-refractivity contribution in [2.24, 2.45) is 0 Å². The van der Waals surface area contributed by atoms with Crippen LogP contribution in [0.5, 0.6) is 5.75 Å². The predicted octanol–water partition coefficient (Wildman–Crippen LogP) is 2.47. The lowest BCUT2D eigenvalue weighted by Crippen LogP contribution is -2.08. The monoisotopic (exact) mass is 216 g/mol. The van der Waals surface area contributed by atoms with Gasteiger partial charge in [-0.15, -0.1) is 0 Å². The van der Waals surface area contributed by atoms with Crippen LogP contribution < -0.4 is 0 Å². The van der Waals surface area contributed by atoms with E-state index in [1.807, 2.05) is 0 Å². The van der Waals surface area contributed by atoms with E-state index in [4.69, 9.17) is 11.6 Å². The van der Waals surface area contributed by atoms with Crippen LogP contribution in [0.25, 0.3) is 0 Å². The molecule has 0 saturated heterocycles. The Balaban J connectivity index is 2.62. The smallest absolute Gasteiger partial charge is 0.172 e. The summed E-state index contributed by atoms with van der Waals surface area (Å²) in [5, 5.41) is 19.1. The summed E-state index contributed by atoms with van der Waals surface area (Å²) in [7, 11) is 0. The average molecular weight is 217 g/mol. The fourth-order valence-electron chi connectivity index (χ4n) is 1.48. The molecule has 0 amide bonds. The zero-order valence-corrected chi connectivity index (χ0v) is 8.40. The van der Waals surface area contributed by atoms with Crippen LogP contribution in [0.4, 0.5) is 4.39 Å². The number of benzene rings is 1. The molecule has 0 bridgehead atoms. The second-order valence-electron chi connectivity index (χ2n) is 3.75. The highest BCUT2D eigenvalue weighted by atomic mass is 35.5. The van der Waals surface area contributed by atoms with Crippen LogP contribution in [0.3, 0.4) is 0 Å². The number of phenolic OH excluding ortho intramolecular Hbond substituents is 1. The molecule has 1 fully saturated rings. The fraction of sp³-hybridized carbons (Fsp3) is 0.400. The number of aryl methyl sites for hydroxylation is 1. The minimum atomic E-state index is -1.09. The Morgan fingerprint density at radius 2 is 2.07 bits per heavy atom. The second kappa shape index (κ2) is 2.84. The zero-order valence-electron chi connectivity index (χ0n) is 7.64. The molecule has 0 aliphatic heterocycles. The van der Waals surface area contributed by atoms with E-state index < -0.39 is 17.2 Å². The molecule has 1 aliphatic carbocycles. The van der Waals surface area contributed by atoms with E-state index in [0.29, 0.717) is 18.4 Å². The zero-order chi connectivity index (χ0) is 10.5. The van der Waals surface area contributed by atoms with Gasteiger partial charge in [0.25, 0.3) is 0 Å². The molecular formula is C10H10ClFO2. The maximum atomic E-state index is 13.5. The van der Waals surface area contributed by atoms with Crippen LogP contribution in [0.15, 0.2) is 6.07 Å². The Kier molecular flexibility index (Phi) is 1.98. The number of rotatable bonds is 1. The Morgan fingerprint density at radius 3 is 2.57 bits per heavy atom. The lowest BCUT2D eigenvalue weighted by Gasteiger charge is -2.13. The van der Waals surface area contributed by atoms with E-state index in [0.717, 1.165) is 0 Å². The molecule has 0 aromatic heterocycles. The molecule has 2 N–H and O–H groups in total. The highest BCUT2D eigenvalue weighted by Gasteiger charge is 2.45. The molecule has 1 saturated carbocycles. The molecule has 1 aliphatic rings. The highest BCUT2D eigenvalue weighted by Crippen LogP contribution is 2.49. The van der Waals surface area contributed by atoms with Gasteiger partial charge in [0.2, 0.25) is 0 Å². The third-order valence-electron chi connectivity index (χ3n) is 2.58. The SMILES string of the molecule is Cc1cc(C2(O)CC2)c(F)c(O)c1Cl. The van der Waals surface area contributed by atoms with E-state index in [-0.39, 0.29) is 10.6 Å².